The van der Waals surface area contributed by atoms with E-state index in [4.69, 9.17) is 9.84 Å². The number of carbonyl (C=O) groups is 3. The Bertz CT molecular complexity index is 498. The molecule has 1 N–H and O–H groups in total. The summed E-state index contributed by atoms with van der Waals surface area (Å²) in [4.78, 5) is 35.1. The standard InChI is InChI=1S/C13H15NO5/c1-3-19-13(18)10-6-4-5-7-11(10)14(9(2)15)8-12(16)17/h4-7H,3,8H2,1-2H3,(H,16,17). The maximum absolute atomic E-state index is 11.8. The third-order valence-corrected chi connectivity index (χ3v) is 2.36. The molecule has 0 saturated heterocycles. The molecule has 0 aliphatic rings. The first-order chi connectivity index (χ1) is 8.97. The van der Waals surface area contributed by atoms with Crippen LogP contribution in [0.25, 0.3) is 0 Å². The van der Waals surface area contributed by atoms with E-state index in [2.05, 4.69) is 0 Å². The summed E-state index contributed by atoms with van der Waals surface area (Å²) in [6, 6.07) is 6.24. The molecule has 6 heteroatoms. The molecule has 0 bridgehead atoms. The predicted octanol–water partition coefficient (Wildman–Crippen LogP) is 1.30. The van der Waals surface area contributed by atoms with E-state index in [9.17, 15) is 14.4 Å². The van der Waals surface area contributed by atoms with Gasteiger partial charge in [0.15, 0.2) is 0 Å². The fourth-order valence-electron chi connectivity index (χ4n) is 1.59. The topological polar surface area (TPSA) is 83.9 Å². The van der Waals surface area contributed by atoms with Crippen LogP contribution < -0.4 is 4.90 Å². The third kappa shape index (κ3) is 3.80. The lowest BCUT2D eigenvalue weighted by atomic mass is 10.1. The number of para-hydroxylation sites is 1. The lowest BCUT2D eigenvalue weighted by Gasteiger charge is -2.21. The van der Waals surface area contributed by atoms with Crippen molar-refractivity contribution in [2.75, 3.05) is 18.1 Å². The van der Waals surface area contributed by atoms with Gasteiger partial charge in [0.2, 0.25) is 5.91 Å². The molecule has 0 fully saturated rings. The van der Waals surface area contributed by atoms with Crippen molar-refractivity contribution >= 4 is 23.5 Å². The number of aliphatic carboxylic acids is 1. The zero-order valence-corrected chi connectivity index (χ0v) is 10.8. The van der Waals surface area contributed by atoms with Crippen LogP contribution in [0.4, 0.5) is 5.69 Å². The van der Waals surface area contributed by atoms with Crippen LogP contribution in [-0.2, 0) is 14.3 Å². The van der Waals surface area contributed by atoms with Crippen LogP contribution in [0.5, 0.6) is 0 Å². The average molecular weight is 265 g/mol. The molecule has 0 heterocycles. The van der Waals surface area contributed by atoms with Crippen LogP contribution in [0, 0.1) is 0 Å². The summed E-state index contributed by atoms with van der Waals surface area (Å²) >= 11 is 0. The minimum absolute atomic E-state index is 0.167. The van der Waals surface area contributed by atoms with Gasteiger partial charge in [-0.2, -0.15) is 0 Å². The Morgan fingerprint density at radius 2 is 1.89 bits per heavy atom. The first-order valence-corrected chi connectivity index (χ1v) is 5.73. The fourth-order valence-corrected chi connectivity index (χ4v) is 1.59. The lowest BCUT2D eigenvalue weighted by Crippen LogP contribution is -2.35. The molecule has 0 unspecified atom stereocenters. The molecular weight excluding hydrogens is 250 g/mol. The summed E-state index contributed by atoms with van der Waals surface area (Å²) in [5.74, 6) is -2.21. The summed E-state index contributed by atoms with van der Waals surface area (Å²) < 4.78 is 4.88. The van der Waals surface area contributed by atoms with Crippen molar-refractivity contribution in [3.05, 3.63) is 29.8 Å². The maximum atomic E-state index is 11.8. The first-order valence-electron chi connectivity index (χ1n) is 5.73. The summed E-state index contributed by atoms with van der Waals surface area (Å²) in [5.41, 5.74) is 0.400. The van der Waals surface area contributed by atoms with Crippen LogP contribution in [0.2, 0.25) is 0 Å². The van der Waals surface area contributed by atoms with E-state index in [1.165, 1.54) is 19.1 Å². The Hall–Kier alpha value is -2.37. The maximum Gasteiger partial charge on any atom is 0.340 e. The van der Waals surface area contributed by atoms with Crippen molar-refractivity contribution in [2.45, 2.75) is 13.8 Å². The smallest absolute Gasteiger partial charge is 0.340 e. The fraction of sp³-hybridized carbons (Fsp3) is 0.308. The highest BCUT2D eigenvalue weighted by Gasteiger charge is 2.21. The van der Waals surface area contributed by atoms with Gasteiger partial charge in [-0.25, -0.2) is 4.79 Å². The number of esters is 1. The number of anilines is 1. The van der Waals surface area contributed by atoms with Gasteiger partial charge < -0.3 is 14.7 Å². The van der Waals surface area contributed by atoms with E-state index in [1.54, 1.807) is 19.1 Å². The molecular formula is C13H15NO5. The second-order valence-corrected chi connectivity index (χ2v) is 3.74. The van der Waals surface area contributed by atoms with Crippen molar-refractivity contribution in [1.82, 2.24) is 0 Å². The normalized spacial score (nSPS) is 9.79. The molecule has 0 aromatic heterocycles. The predicted molar refractivity (Wildman–Crippen MR) is 68.1 cm³/mol. The van der Waals surface area contributed by atoms with Gasteiger partial charge in [-0.05, 0) is 19.1 Å². The van der Waals surface area contributed by atoms with E-state index in [1.807, 2.05) is 0 Å². The van der Waals surface area contributed by atoms with Gasteiger partial charge in [0.1, 0.15) is 6.54 Å². The highest BCUT2D eigenvalue weighted by molar-refractivity contribution is 6.03. The van der Waals surface area contributed by atoms with E-state index in [0.717, 1.165) is 4.90 Å². The SMILES string of the molecule is CCOC(=O)c1ccccc1N(CC(=O)O)C(C)=O. The van der Waals surface area contributed by atoms with Crippen LogP contribution in [-0.4, -0.2) is 36.1 Å². The van der Waals surface area contributed by atoms with Gasteiger partial charge in [-0.1, -0.05) is 12.1 Å². The van der Waals surface area contributed by atoms with E-state index >= 15 is 0 Å². The van der Waals surface area contributed by atoms with Gasteiger partial charge in [0.25, 0.3) is 0 Å². The van der Waals surface area contributed by atoms with Gasteiger partial charge in [0, 0.05) is 6.92 Å². The molecule has 6 nitrogen and oxygen atoms in total. The number of rotatable bonds is 5. The number of carboxylic acid groups (broad SMARTS) is 1. The molecule has 1 aromatic rings. The number of amides is 1. The molecule has 1 amide bonds. The largest absolute Gasteiger partial charge is 0.480 e. The number of nitrogens with zero attached hydrogens (tertiary/aromatic N) is 1. The molecule has 0 atom stereocenters. The number of benzene rings is 1. The summed E-state index contributed by atoms with van der Waals surface area (Å²) in [5, 5.41) is 8.82. The molecule has 1 rings (SSSR count). The van der Waals surface area contributed by atoms with E-state index in [0.29, 0.717) is 0 Å². The quantitative estimate of drug-likeness (QED) is 0.811. The second-order valence-electron chi connectivity index (χ2n) is 3.74. The highest BCUT2D eigenvalue weighted by Crippen LogP contribution is 2.21. The summed E-state index contributed by atoms with van der Waals surface area (Å²) in [6.45, 7) is 2.60. The Kier molecular flexibility index (Phi) is 5.05. The summed E-state index contributed by atoms with van der Waals surface area (Å²) in [7, 11) is 0. The van der Waals surface area contributed by atoms with Crippen LogP contribution >= 0.6 is 0 Å². The molecule has 102 valence electrons. The van der Waals surface area contributed by atoms with Crippen LogP contribution in [0.3, 0.4) is 0 Å². The molecule has 0 saturated carbocycles. The lowest BCUT2D eigenvalue weighted by molar-refractivity contribution is -0.136. The average Bonchev–Trinajstić information content (AvgIpc) is 2.36. The minimum atomic E-state index is -1.16. The Morgan fingerprint density at radius 1 is 1.26 bits per heavy atom. The highest BCUT2D eigenvalue weighted by atomic mass is 16.5. The van der Waals surface area contributed by atoms with Crippen LogP contribution in [0.1, 0.15) is 24.2 Å². The second kappa shape index (κ2) is 6.53. The zero-order chi connectivity index (χ0) is 14.4. The van der Waals surface area contributed by atoms with E-state index < -0.39 is 24.4 Å². The van der Waals surface area contributed by atoms with Crippen molar-refractivity contribution < 1.29 is 24.2 Å². The molecule has 0 spiro atoms. The van der Waals surface area contributed by atoms with Gasteiger partial charge >= 0.3 is 11.9 Å². The molecule has 0 aliphatic heterocycles. The Labute approximate surface area is 110 Å². The zero-order valence-electron chi connectivity index (χ0n) is 10.8. The van der Waals surface area contributed by atoms with Crippen molar-refractivity contribution in [3.8, 4) is 0 Å². The minimum Gasteiger partial charge on any atom is -0.480 e. The van der Waals surface area contributed by atoms with Gasteiger partial charge in [-0.15, -0.1) is 0 Å². The number of carbonyl (C=O) groups excluding carboxylic acids is 2. The molecule has 0 aliphatic carbocycles. The van der Waals surface area contributed by atoms with Crippen molar-refractivity contribution in [2.24, 2.45) is 0 Å². The number of hydrogen-bond donors (Lipinski definition) is 1. The molecule has 0 radical (unpaired) electrons. The van der Waals surface area contributed by atoms with Crippen molar-refractivity contribution in [3.63, 3.8) is 0 Å². The third-order valence-electron chi connectivity index (χ3n) is 2.36. The van der Waals surface area contributed by atoms with Crippen LogP contribution in [0.15, 0.2) is 24.3 Å². The summed E-state index contributed by atoms with van der Waals surface area (Å²) in [6.07, 6.45) is 0. The first kappa shape index (κ1) is 14.7. The number of ether oxygens (including phenoxy) is 1. The molecule has 19 heavy (non-hydrogen) atoms. The van der Waals surface area contributed by atoms with E-state index in [-0.39, 0.29) is 17.9 Å². The Morgan fingerprint density at radius 3 is 2.42 bits per heavy atom. The Balaban J connectivity index is 3.19. The monoisotopic (exact) mass is 265 g/mol. The van der Waals surface area contributed by atoms with Gasteiger partial charge in [-0.3, -0.25) is 9.59 Å². The number of hydrogen-bond acceptors (Lipinski definition) is 4. The molecule has 1 aromatic carbocycles. The number of carboxylic acids is 1. The van der Waals surface area contributed by atoms with Gasteiger partial charge in [0.05, 0.1) is 17.9 Å². The van der Waals surface area contributed by atoms with Crippen molar-refractivity contribution in [1.29, 1.82) is 0 Å².